The SMILES string of the molecule is Cc1ccc(C)n1-c1ccc(Cn2cc(-c3ccccc3)c3ccccc32)cc1. The number of rotatable bonds is 4. The quantitative estimate of drug-likeness (QED) is 0.328. The lowest BCUT2D eigenvalue weighted by Crippen LogP contribution is -2.01. The molecule has 0 aliphatic carbocycles. The van der Waals surface area contributed by atoms with E-state index in [0.29, 0.717) is 0 Å². The van der Waals surface area contributed by atoms with E-state index in [1.54, 1.807) is 0 Å². The van der Waals surface area contributed by atoms with E-state index in [2.05, 4.69) is 120 Å². The van der Waals surface area contributed by atoms with Crippen LogP contribution in [-0.2, 0) is 6.54 Å². The number of aryl methyl sites for hydroxylation is 2. The molecule has 5 rings (SSSR count). The third-order valence-corrected chi connectivity index (χ3v) is 5.69. The summed E-state index contributed by atoms with van der Waals surface area (Å²) in [5, 5.41) is 1.30. The van der Waals surface area contributed by atoms with Crippen molar-refractivity contribution < 1.29 is 0 Å². The van der Waals surface area contributed by atoms with Gasteiger partial charge in [0.1, 0.15) is 0 Å². The molecule has 2 aromatic heterocycles. The molecule has 0 saturated carbocycles. The van der Waals surface area contributed by atoms with Crippen LogP contribution < -0.4 is 0 Å². The zero-order chi connectivity index (χ0) is 19.8. The molecule has 0 radical (unpaired) electrons. The summed E-state index contributed by atoms with van der Waals surface area (Å²) in [5.74, 6) is 0. The zero-order valence-electron chi connectivity index (χ0n) is 16.8. The molecule has 5 aromatic rings. The first-order valence-corrected chi connectivity index (χ1v) is 10.1. The van der Waals surface area contributed by atoms with E-state index in [1.807, 2.05) is 0 Å². The highest BCUT2D eigenvalue weighted by Gasteiger charge is 2.10. The molecule has 29 heavy (non-hydrogen) atoms. The second-order valence-electron chi connectivity index (χ2n) is 7.67. The molecule has 2 nitrogen and oxygen atoms in total. The van der Waals surface area contributed by atoms with Gasteiger partial charge in [-0.25, -0.2) is 0 Å². The molecule has 0 atom stereocenters. The second kappa shape index (κ2) is 7.14. The van der Waals surface area contributed by atoms with Gasteiger partial charge in [0.15, 0.2) is 0 Å². The van der Waals surface area contributed by atoms with Gasteiger partial charge in [-0.15, -0.1) is 0 Å². The highest BCUT2D eigenvalue weighted by molar-refractivity contribution is 5.96. The normalized spacial score (nSPS) is 11.2. The van der Waals surface area contributed by atoms with Crippen LogP contribution in [-0.4, -0.2) is 9.13 Å². The lowest BCUT2D eigenvalue weighted by Gasteiger charge is -2.11. The van der Waals surface area contributed by atoms with E-state index in [9.17, 15) is 0 Å². The summed E-state index contributed by atoms with van der Waals surface area (Å²) in [5.41, 5.74) is 8.87. The maximum absolute atomic E-state index is 2.36. The summed E-state index contributed by atoms with van der Waals surface area (Å²) in [4.78, 5) is 0. The molecule has 2 heteroatoms. The molecule has 0 spiro atoms. The van der Waals surface area contributed by atoms with Crippen molar-refractivity contribution in [2.75, 3.05) is 0 Å². The first-order chi connectivity index (χ1) is 14.2. The van der Waals surface area contributed by atoms with E-state index >= 15 is 0 Å². The minimum atomic E-state index is 0.858. The molecular weight excluding hydrogens is 352 g/mol. The van der Waals surface area contributed by atoms with Gasteiger partial charge in [-0.05, 0) is 55.3 Å². The molecule has 0 aliphatic rings. The van der Waals surface area contributed by atoms with Crippen molar-refractivity contribution in [1.29, 1.82) is 0 Å². The summed E-state index contributed by atoms with van der Waals surface area (Å²) in [7, 11) is 0. The topological polar surface area (TPSA) is 9.86 Å². The maximum Gasteiger partial charge on any atom is 0.0489 e. The lowest BCUT2D eigenvalue weighted by molar-refractivity contribution is 0.836. The molecular formula is C27H24N2. The average molecular weight is 377 g/mol. The number of nitrogens with zero attached hydrogens (tertiary/aromatic N) is 2. The average Bonchev–Trinajstić information content (AvgIpc) is 3.29. The van der Waals surface area contributed by atoms with Gasteiger partial charge in [-0.2, -0.15) is 0 Å². The van der Waals surface area contributed by atoms with E-state index in [0.717, 1.165) is 6.54 Å². The Morgan fingerprint density at radius 3 is 2.03 bits per heavy atom. The number of fused-ring (bicyclic) bond motifs is 1. The van der Waals surface area contributed by atoms with Crippen molar-refractivity contribution in [3.8, 4) is 16.8 Å². The minimum absolute atomic E-state index is 0.858. The predicted octanol–water partition coefficient (Wildman–Crippen LogP) is 6.76. The van der Waals surface area contributed by atoms with Gasteiger partial charge in [0.2, 0.25) is 0 Å². The van der Waals surface area contributed by atoms with Gasteiger partial charge >= 0.3 is 0 Å². The summed E-state index contributed by atoms with van der Waals surface area (Å²) in [6, 6.07) is 32.6. The largest absolute Gasteiger partial charge is 0.342 e. The maximum atomic E-state index is 2.36. The summed E-state index contributed by atoms with van der Waals surface area (Å²) in [6.45, 7) is 5.16. The van der Waals surface area contributed by atoms with Crippen LogP contribution in [0.4, 0.5) is 0 Å². The molecule has 0 unspecified atom stereocenters. The van der Waals surface area contributed by atoms with Gasteiger partial charge in [0.25, 0.3) is 0 Å². The zero-order valence-corrected chi connectivity index (χ0v) is 16.8. The summed E-state index contributed by atoms with van der Waals surface area (Å²) >= 11 is 0. The molecule has 0 fully saturated rings. The van der Waals surface area contributed by atoms with Gasteiger partial charge in [0, 0.05) is 46.3 Å². The summed E-state index contributed by atoms with van der Waals surface area (Å²) in [6.07, 6.45) is 2.29. The fourth-order valence-electron chi connectivity index (χ4n) is 4.25. The van der Waals surface area contributed by atoms with Gasteiger partial charge in [-0.3, -0.25) is 0 Å². The fourth-order valence-corrected chi connectivity index (χ4v) is 4.25. The molecule has 3 aromatic carbocycles. The first kappa shape index (κ1) is 17.6. The van der Waals surface area contributed by atoms with E-state index < -0.39 is 0 Å². The van der Waals surface area contributed by atoms with Crippen LogP contribution in [0.2, 0.25) is 0 Å². The van der Waals surface area contributed by atoms with Gasteiger partial charge in [-0.1, -0.05) is 60.7 Å². The number of hydrogen-bond acceptors (Lipinski definition) is 0. The van der Waals surface area contributed by atoms with Crippen molar-refractivity contribution in [3.05, 3.63) is 114 Å². The molecule has 142 valence electrons. The van der Waals surface area contributed by atoms with Crippen molar-refractivity contribution in [1.82, 2.24) is 9.13 Å². The number of aromatic nitrogens is 2. The molecule has 2 heterocycles. The van der Waals surface area contributed by atoms with Crippen LogP contribution in [0.5, 0.6) is 0 Å². The third kappa shape index (κ3) is 3.17. The molecule has 0 bridgehead atoms. The minimum Gasteiger partial charge on any atom is -0.342 e. The Morgan fingerprint density at radius 2 is 1.31 bits per heavy atom. The smallest absolute Gasteiger partial charge is 0.0489 e. The monoisotopic (exact) mass is 376 g/mol. The van der Waals surface area contributed by atoms with Crippen LogP contribution in [0.1, 0.15) is 17.0 Å². The Labute approximate surface area is 171 Å². The lowest BCUT2D eigenvalue weighted by atomic mass is 10.1. The van der Waals surface area contributed by atoms with Crippen molar-refractivity contribution in [2.45, 2.75) is 20.4 Å². The number of benzene rings is 3. The van der Waals surface area contributed by atoms with Crippen LogP contribution in [0.25, 0.3) is 27.7 Å². The van der Waals surface area contributed by atoms with Crippen molar-refractivity contribution in [3.63, 3.8) is 0 Å². The molecule has 0 amide bonds. The van der Waals surface area contributed by atoms with Crippen molar-refractivity contribution >= 4 is 10.9 Å². The van der Waals surface area contributed by atoms with Crippen LogP contribution >= 0.6 is 0 Å². The highest BCUT2D eigenvalue weighted by Crippen LogP contribution is 2.31. The number of hydrogen-bond donors (Lipinski definition) is 0. The Kier molecular flexibility index (Phi) is 4.33. The third-order valence-electron chi connectivity index (χ3n) is 5.69. The molecule has 0 aliphatic heterocycles. The second-order valence-corrected chi connectivity index (χ2v) is 7.67. The van der Waals surface area contributed by atoms with E-state index in [1.165, 1.54) is 44.7 Å². The first-order valence-electron chi connectivity index (χ1n) is 10.1. The summed E-state index contributed by atoms with van der Waals surface area (Å²) < 4.78 is 4.65. The highest BCUT2D eigenvalue weighted by atomic mass is 15.0. The van der Waals surface area contributed by atoms with E-state index in [4.69, 9.17) is 0 Å². The number of para-hydroxylation sites is 1. The van der Waals surface area contributed by atoms with Crippen LogP contribution in [0.15, 0.2) is 97.2 Å². The molecule has 0 N–H and O–H groups in total. The van der Waals surface area contributed by atoms with E-state index in [-0.39, 0.29) is 0 Å². The predicted molar refractivity (Wildman–Crippen MR) is 122 cm³/mol. The Balaban J connectivity index is 1.51. The van der Waals surface area contributed by atoms with Crippen LogP contribution in [0, 0.1) is 13.8 Å². The van der Waals surface area contributed by atoms with Gasteiger partial charge in [0.05, 0.1) is 0 Å². The Bertz CT molecular complexity index is 1250. The van der Waals surface area contributed by atoms with Gasteiger partial charge < -0.3 is 9.13 Å². The fraction of sp³-hybridized carbons (Fsp3) is 0.111. The Morgan fingerprint density at radius 1 is 0.655 bits per heavy atom. The standard InChI is InChI=1S/C27H24N2/c1-20-12-13-21(2)29(20)24-16-14-22(15-17-24)18-28-19-26(23-8-4-3-5-9-23)25-10-6-7-11-27(25)28/h3-17,19H,18H2,1-2H3. The molecule has 0 saturated heterocycles. The van der Waals surface area contributed by atoms with Crippen molar-refractivity contribution in [2.24, 2.45) is 0 Å². The van der Waals surface area contributed by atoms with Crippen LogP contribution in [0.3, 0.4) is 0 Å². The Hall–Kier alpha value is -3.52.